The van der Waals surface area contributed by atoms with Crippen LogP contribution in [0.5, 0.6) is 0 Å². The van der Waals surface area contributed by atoms with Crippen molar-refractivity contribution in [3.63, 3.8) is 0 Å². The SMILES string of the molecule is O=C(NCCN1CCOCC1)c1ccc(C(=O)Nc2ccccc2Cl)cc1. The molecular formula is C20H22ClN3O3. The Morgan fingerprint density at radius 3 is 2.26 bits per heavy atom. The van der Waals surface area contributed by atoms with E-state index < -0.39 is 0 Å². The minimum absolute atomic E-state index is 0.152. The molecule has 2 amide bonds. The fourth-order valence-electron chi connectivity index (χ4n) is 2.78. The van der Waals surface area contributed by atoms with Gasteiger partial charge in [0.05, 0.1) is 23.9 Å². The Labute approximate surface area is 163 Å². The number of para-hydroxylation sites is 1. The molecule has 7 heteroatoms. The molecule has 2 aromatic rings. The number of carbonyl (C=O) groups excluding carboxylic acids is 2. The number of halogens is 1. The summed E-state index contributed by atoms with van der Waals surface area (Å²) in [6, 6.07) is 13.6. The summed E-state index contributed by atoms with van der Waals surface area (Å²) < 4.78 is 5.30. The monoisotopic (exact) mass is 387 g/mol. The molecule has 3 rings (SSSR count). The molecule has 0 radical (unpaired) electrons. The molecule has 2 N–H and O–H groups in total. The molecule has 1 heterocycles. The van der Waals surface area contributed by atoms with Crippen LogP contribution in [0.4, 0.5) is 5.69 Å². The standard InChI is InChI=1S/C20H22ClN3O3/c21-17-3-1-2-4-18(17)23-20(26)16-7-5-15(6-8-16)19(25)22-9-10-24-11-13-27-14-12-24/h1-8H,9-14H2,(H,22,25)(H,23,26). The van der Waals surface area contributed by atoms with Crippen molar-refractivity contribution in [3.05, 3.63) is 64.7 Å². The van der Waals surface area contributed by atoms with E-state index in [4.69, 9.17) is 16.3 Å². The number of hydrogen-bond donors (Lipinski definition) is 2. The van der Waals surface area contributed by atoms with Crippen LogP contribution >= 0.6 is 11.6 Å². The number of benzene rings is 2. The van der Waals surface area contributed by atoms with Crippen LogP contribution in [0.3, 0.4) is 0 Å². The Morgan fingerprint density at radius 1 is 0.963 bits per heavy atom. The molecule has 0 aliphatic carbocycles. The van der Waals surface area contributed by atoms with Crippen molar-refractivity contribution in [2.75, 3.05) is 44.7 Å². The number of rotatable bonds is 6. The highest BCUT2D eigenvalue weighted by molar-refractivity contribution is 6.33. The van der Waals surface area contributed by atoms with E-state index in [9.17, 15) is 9.59 Å². The smallest absolute Gasteiger partial charge is 0.255 e. The van der Waals surface area contributed by atoms with E-state index in [2.05, 4.69) is 15.5 Å². The number of morpholine rings is 1. The third-order valence-corrected chi connectivity index (χ3v) is 4.68. The third-order valence-electron chi connectivity index (χ3n) is 4.35. The van der Waals surface area contributed by atoms with Crippen LogP contribution in [0, 0.1) is 0 Å². The van der Waals surface area contributed by atoms with Gasteiger partial charge in [-0.1, -0.05) is 23.7 Å². The Hall–Kier alpha value is -2.41. The molecule has 0 saturated carbocycles. The lowest BCUT2D eigenvalue weighted by molar-refractivity contribution is 0.0383. The zero-order chi connectivity index (χ0) is 19.1. The van der Waals surface area contributed by atoms with Crippen LogP contribution in [0.2, 0.25) is 5.02 Å². The molecule has 27 heavy (non-hydrogen) atoms. The highest BCUT2D eigenvalue weighted by Gasteiger charge is 2.12. The van der Waals surface area contributed by atoms with Crippen molar-refractivity contribution in [2.45, 2.75) is 0 Å². The maximum absolute atomic E-state index is 12.3. The number of nitrogens with zero attached hydrogens (tertiary/aromatic N) is 1. The predicted octanol–water partition coefficient (Wildman–Crippen LogP) is 2.65. The fraction of sp³-hybridized carbons (Fsp3) is 0.300. The van der Waals surface area contributed by atoms with E-state index >= 15 is 0 Å². The summed E-state index contributed by atoms with van der Waals surface area (Å²) in [5.41, 5.74) is 1.53. The zero-order valence-electron chi connectivity index (χ0n) is 14.9. The van der Waals surface area contributed by atoms with Gasteiger partial charge in [-0.3, -0.25) is 14.5 Å². The second kappa shape index (κ2) is 9.50. The van der Waals surface area contributed by atoms with Gasteiger partial charge in [-0.15, -0.1) is 0 Å². The van der Waals surface area contributed by atoms with Crippen LogP contribution in [0.25, 0.3) is 0 Å². The molecule has 1 aliphatic rings. The van der Waals surface area contributed by atoms with E-state index in [0.29, 0.717) is 28.4 Å². The Bertz CT molecular complexity index is 789. The summed E-state index contributed by atoms with van der Waals surface area (Å²) in [5.74, 6) is -0.427. The van der Waals surface area contributed by atoms with Gasteiger partial charge in [-0.05, 0) is 36.4 Å². The van der Waals surface area contributed by atoms with E-state index in [1.54, 1.807) is 48.5 Å². The molecule has 0 unspecified atom stereocenters. The molecule has 1 fully saturated rings. The molecule has 142 valence electrons. The number of anilines is 1. The van der Waals surface area contributed by atoms with E-state index in [1.165, 1.54) is 0 Å². The van der Waals surface area contributed by atoms with Crippen LogP contribution in [0.15, 0.2) is 48.5 Å². The van der Waals surface area contributed by atoms with Gasteiger partial charge in [0, 0.05) is 37.3 Å². The number of amides is 2. The van der Waals surface area contributed by atoms with Crippen molar-refractivity contribution in [3.8, 4) is 0 Å². The van der Waals surface area contributed by atoms with Crippen LogP contribution in [-0.4, -0.2) is 56.1 Å². The third kappa shape index (κ3) is 5.53. The maximum atomic E-state index is 12.3. The first kappa shape index (κ1) is 19.4. The molecule has 6 nitrogen and oxygen atoms in total. The lowest BCUT2D eigenvalue weighted by Crippen LogP contribution is -2.41. The summed E-state index contributed by atoms with van der Waals surface area (Å²) in [6.07, 6.45) is 0. The van der Waals surface area contributed by atoms with Gasteiger partial charge in [0.1, 0.15) is 0 Å². The van der Waals surface area contributed by atoms with Crippen molar-refractivity contribution in [1.29, 1.82) is 0 Å². The number of hydrogen-bond acceptors (Lipinski definition) is 4. The molecule has 0 bridgehead atoms. The lowest BCUT2D eigenvalue weighted by atomic mass is 10.1. The molecule has 0 atom stereocenters. The quantitative estimate of drug-likeness (QED) is 0.799. The Morgan fingerprint density at radius 2 is 1.59 bits per heavy atom. The van der Waals surface area contributed by atoms with E-state index in [-0.39, 0.29) is 11.8 Å². The van der Waals surface area contributed by atoms with Gasteiger partial charge in [-0.2, -0.15) is 0 Å². The highest BCUT2D eigenvalue weighted by atomic mass is 35.5. The van der Waals surface area contributed by atoms with Crippen molar-refractivity contribution in [1.82, 2.24) is 10.2 Å². The molecule has 0 spiro atoms. The zero-order valence-corrected chi connectivity index (χ0v) is 15.7. The molecule has 0 aromatic heterocycles. The summed E-state index contributed by atoms with van der Waals surface area (Å²) in [5, 5.41) is 6.14. The van der Waals surface area contributed by atoms with Crippen molar-refractivity contribution < 1.29 is 14.3 Å². The predicted molar refractivity (Wildman–Crippen MR) is 105 cm³/mol. The summed E-state index contributed by atoms with van der Waals surface area (Å²) >= 11 is 6.05. The van der Waals surface area contributed by atoms with Gasteiger partial charge < -0.3 is 15.4 Å². The normalized spacial score (nSPS) is 14.6. The van der Waals surface area contributed by atoms with Crippen molar-refractivity contribution in [2.24, 2.45) is 0 Å². The number of nitrogens with one attached hydrogen (secondary N) is 2. The summed E-state index contributed by atoms with van der Waals surface area (Å²) in [7, 11) is 0. The average Bonchev–Trinajstić information content (AvgIpc) is 2.70. The molecular weight excluding hydrogens is 366 g/mol. The van der Waals surface area contributed by atoms with Gasteiger partial charge >= 0.3 is 0 Å². The first-order valence-electron chi connectivity index (χ1n) is 8.88. The number of carbonyl (C=O) groups is 2. The number of ether oxygens (including phenoxy) is 1. The van der Waals surface area contributed by atoms with Crippen LogP contribution in [0.1, 0.15) is 20.7 Å². The molecule has 1 aliphatic heterocycles. The second-order valence-electron chi connectivity index (χ2n) is 6.22. The first-order valence-corrected chi connectivity index (χ1v) is 9.25. The van der Waals surface area contributed by atoms with E-state index in [1.807, 2.05) is 0 Å². The first-order chi connectivity index (χ1) is 13.1. The highest BCUT2D eigenvalue weighted by Crippen LogP contribution is 2.21. The lowest BCUT2D eigenvalue weighted by Gasteiger charge is -2.26. The maximum Gasteiger partial charge on any atom is 0.255 e. The van der Waals surface area contributed by atoms with E-state index in [0.717, 1.165) is 32.8 Å². The van der Waals surface area contributed by atoms with Gasteiger partial charge in [0.25, 0.3) is 11.8 Å². The largest absolute Gasteiger partial charge is 0.379 e. The van der Waals surface area contributed by atoms with Crippen LogP contribution < -0.4 is 10.6 Å². The minimum atomic E-state index is -0.276. The second-order valence-corrected chi connectivity index (χ2v) is 6.63. The summed E-state index contributed by atoms with van der Waals surface area (Å²) in [4.78, 5) is 26.8. The van der Waals surface area contributed by atoms with Gasteiger partial charge in [0.2, 0.25) is 0 Å². The molecule has 2 aromatic carbocycles. The average molecular weight is 388 g/mol. The summed E-state index contributed by atoms with van der Waals surface area (Å²) in [6.45, 7) is 4.65. The fourth-order valence-corrected chi connectivity index (χ4v) is 2.97. The van der Waals surface area contributed by atoms with Crippen molar-refractivity contribution >= 4 is 29.1 Å². The van der Waals surface area contributed by atoms with Crippen LogP contribution in [-0.2, 0) is 4.74 Å². The topological polar surface area (TPSA) is 70.7 Å². The Kier molecular flexibility index (Phi) is 6.81. The van der Waals surface area contributed by atoms with Gasteiger partial charge in [0.15, 0.2) is 0 Å². The molecule has 1 saturated heterocycles. The Balaban J connectivity index is 1.50. The minimum Gasteiger partial charge on any atom is -0.379 e. The van der Waals surface area contributed by atoms with Gasteiger partial charge in [-0.25, -0.2) is 0 Å².